The van der Waals surface area contributed by atoms with Gasteiger partial charge in [-0.3, -0.25) is 5.10 Å². The summed E-state index contributed by atoms with van der Waals surface area (Å²) in [6.07, 6.45) is 0. The minimum Gasteiger partial charge on any atom is -0.438 e. The van der Waals surface area contributed by atoms with Crippen molar-refractivity contribution >= 4 is 11.0 Å². The highest BCUT2D eigenvalue weighted by atomic mass is 16.5. The van der Waals surface area contributed by atoms with Crippen molar-refractivity contribution < 1.29 is 4.74 Å². The molecule has 3 rings (SSSR count). The molecule has 0 atom stereocenters. The molecule has 3 aromatic rings. The van der Waals surface area contributed by atoms with Gasteiger partial charge in [0.25, 0.3) is 0 Å². The molecule has 0 amide bonds. The van der Waals surface area contributed by atoms with Gasteiger partial charge in [0.2, 0.25) is 5.88 Å². The third kappa shape index (κ3) is 3.24. The number of aryl methyl sites for hydroxylation is 1. The van der Waals surface area contributed by atoms with Crippen molar-refractivity contribution in [3.05, 3.63) is 41.9 Å². The summed E-state index contributed by atoms with van der Waals surface area (Å²) in [6.45, 7) is 10.0. The molecular weight excluding hydrogens is 276 g/mol. The van der Waals surface area contributed by atoms with E-state index in [2.05, 4.69) is 20.2 Å². The van der Waals surface area contributed by atoms with Crippen LogP contribution >= 0.6 is 0 Å². The highest BCUT2D eigenvalue weighted by Crippen LogP contribution is 2.29. The average Bonchev–Trinajstić information content (AvgIpc) is 2.92. The first kappa shape index (κ1) is 15.9. The van der Waals surface area contributed by atoms with Crippen molar-refractivity contribution in [1.29, 1.82) is 0 Å². The smallest absolute Gasteiger partial charge is 0.234 e. The molecule has 0 unspecified atom stereocenters. The third-order valence-electron chi connectivity index (χ3n) is 3.05. The number of rotatable bonds is 3. The lowest BCUT2D eigenvalue weighted by Gasteiger charge is -2.09. The lowest BCUT2D eigenvalue weighted by molar-refractivity contribution is 0.464. The SMILES string of the molecule is CC.Cc1[nH]nc2nc(C(C)C)nc(Oc3ccccc3)c12. The molecule has 0 fully saturated rings. The molecule has 116 valence electrons. The van der Waals surface area contributed by atoms with Crippen LogP contribution in [0.2, 0.25) is 0 Å². The van der Waals surface area contributed by atoms with Crippen molar-refractivity contribution in [2.75, 3.05) is 0 Å². The zero-order chi connectivity index (χ0) is 16.1. The Morgan fingerprint density at radius 2 is 1.73 bits per heavy atom. The van der Waals surface area contributed by atoms with E-state index in [1.807, 2.05) is 65.0 Å². The van der Waals surface area contributed by atoms with Crippen molar-refractivity contribution in [3.63, 3.8) is 0 Å². The lowest BCUT2D eigenvalue weighted by atomic mass is 10.2. The van der Waals surface area contributed by atoms with Gasteiger partial charge in [-0.05, 0) is 19.1 Å². The van der Waals surface area contributed by atoms with E-state index in [0.29, 0.717) is 11.5 Å². The Kier molecular flexibility index (Phi) is 5.09. The van der Waals surface area contributed by atoms with E-state index in [9.17, 15) is 0 Å². The number of fused-ring (bicyclic) bond motifs is 1. The highest BCUT2D eigenvalue weighted by Gasteiger charge is 2.16. The van der Waals surface area contributed by atoms with E-state index in [1.165, 1.54) is 0 Å². The fourth-order valence-corrected chi connectivity index (χ4v) is 1.98. The Balaban J connectivity index is 0.000000847. The normalized spacial score (nSPS) is 10.5. The molecule has 1 aromatic carbocycles. The standard InChI is InChI=1S/C15H16N4O.C2H6/c1-9(2)13-16-14-12(10(3)18-19-14)15(17-13)20-11-7-5-4-6-8-11;1-2/h4-9H,1-3H3,(H,16,17,18,19);1-2H3. The molecule has 0 saturated carbocycles. The van der Waals surface area contributed by atoms with Crippen LogP contribution in [0.15, 0.2) is 30.3 Å². The van der Waals surface area contributed by atoms with Gasteiger partial charge < -0.3 is 4.74 Å². The number of benzene rings is 1. The zero-order valence-electron chi connectivity index (χ0n) is 13.7. The number of nitrogens with zero attached hydrogens (tertiary/aromatic N) is 3. The Bertz CT molecular complexity index is 735. The minimum atomic E-state index is 0.217. The molecule has 0 aliphatic rings. The Morgan fingerprint density at radius 3 is 2.36 bits per heavy atom. The summed E-state index contributed by atoms with van der Waals surface area (Å²) in [6, 6.07) is 9.61. The van der Waals surface area contributed by atoms with Gasteiger partial charge in [0.05, 0.1) is 0 Å². The maximum absolute atomic E-state index is 5.91. The van der Waals surface area contributed by atoms with Crippen LogP contribution < -0.4 is 4.74 Å². The summed E-state index contributed by atoms with van der Waals surface area (Å²) in [5, 5.41) is 7.98. The molecule has 2 aromatic heterocycles. The van der Waals surface area contributed by atoms with E-state index < -0.39 is 0 Å². The maximum atomic E-state index is 5.91. The van der Waals surface area contributed by atoms with Gasteiger partial charge in [0, 0.05) is 11.6 Å². The van der Waals surface area contributed by atoms with Gasteiger partial charge in [-0.15, -0.1) is 0 Å². The number of nitrogens with one attached hydrogen (secondary N) is 1. The maximum Gasteiger partial charge on any atom is 0.234 e. The van der Waals surface area contributed by atoms with E-state index in [1.54, 1.807) is 0 Å². The van der Waals surface area contributed by atoms with Crippen LogP contribution in [0.5, 0.6) is 11.6 Å². The Morgan fingerprint density at radius 1 is 1.05 bits per heavy atom. The van der Waals surface area contributed by atoms with Crippen molar-refractivity contribution in [1.82, 2.24) is 20.2 Å². The number of ether oxygens (including phenoxy) is 1. The fourth-order valence-electron chi connectivity index (χ4n) is 1.98. The van der Waals surface area contributed by atoms with Crippen LogP contribution in [0.1, 0.15) is 45.1 Å². The summed E-state index contributed by atoms with van der Waals surface area (Å²) >= 11 is 0. The molecule has 5 nitrogen and oxygen atoms in total. The first-order valence-electron chi connectivity index (χ1n) is 7.60. The van der Waals surface area contributed by atoms with Crippen LogP contribution in [0.4, 0.5) is 0 Å². The van der Waals surface area contributed by atoms with Crippen LogP contribution in [-0.2, 0) is 0 Å². The predicted molar refractivity (Wildman–Crippen MR) is 88.4 cm³/mol. The van der Waals surface area contributed by atoms with Gasteiger partial charge in [0.15, 0.2) is 5.65 Å². The predicted octanol–water partition coefficient (Wildman–Crippen LogP) is 4.60. The molecule has 0 spiro atoms. The average molecular weight is 298 g/mol. The van der Waals surface area contributed by atoms with Crippen LogP contribution in [0.25, 0.3) is 11.0 Å². The second kappa shape index (κ2) is 7.02. The van der Waals surface area contributed by atoms with Crippen LogP contribution in [0, 0.1) is 6.92 Å². The molecule has 5 heteroatoms. The summed E-state index contributed by atoms with van der Waals surface area (Å²) < 4.78 is 5.91. The van der Waals surface area contributed by atoms with Gasteiger partial charge in [-0.2, -0.15) is 10.1 Å². The molecule has 22 heavy (non-hydrogen) atoms. The Hall–Kier alpha value is -2.43. The number of para-hydroxylation sites is 1. The second-order valence-corrected chi connectivity index (χ2v) is 5.00. The summed E-state index contributed by atoms with van der Waals surface area (Å²) in [5.74, 6) is 2.25. The highest BCUT2D eigenvalue weighted by molar-refractivity contribution is 5.83. The molecule has 0 aliphatic heterocycles. The van der Waals surface area contributed by atoms with Crippen LogP contribution in [0.3, 0.4) is 0 Å². The summed E-state index contributed by atoms with van der Waals surface area (Å²) in [4.78, 5) is 9.00. The zero-order valence-corrected chi connectivity index (χ0v) is 13.7. The van der Waals surface area contributed by atoms with Crippen molar-refractivity contribution in [3.8, 4) is 11.6 Å². The largest absolute Gasteiger partial charge is 0.438 e. The first-order valence-corrected chi connectivity index (χ1v) is 7.60. The van der Waals surface area contributed by atoms with E-state index >= 15 is 0 Å². The fraction of sp³-hybridized carbons (Fsp3) is 0.353. The third-order valence-corrected chi connectivity index (χ3v) is 3.05. The molecule has 1 N–H and O–H groups in total. The Labute approximate surface area is 130 Å². The molecular formula is C17H22N4O. The monoisotopic (exact) mass is 298 g/mol. The van der Waals surface area contributed by atoms with E-state index in [0.717, 1.165) is 22.7 Å². The van der Waals surface area contributed by atoms with Gasteiger partial charge in [0.1, 0.15) is 17.0 Å². The minimum absolute atomic E-state index is 0.217. The molecule has 0 radical (unpaired) electrons. The van der Waals surface area contributed by atoms with Gasteiger partial charge in [-0.1, -0.05) is 45.9 Å². The van der Waals surface area contributed by atoms with E-state index in [-0.39, 0.29) is 5.92 Å². The first-order chi connectivity index (χ1) is 10.6. The summed E-state index contributed by atoms with van der Waals surface area (Å²) in [7, 11) is 0. The van der Waals surface area contributed by atoms with E-state index in [4.69, 9.17) is 4.74 Å². The number of hydrogen-bond acceptors (Lipinski definition) is 4. The van der Waals surface area contributed by atoms with Gasteiger partial charge in [-0.25, -0.2) is 4.98 Å². The topological polar surface area (TPSA) is 63.7 Å². The number of aromatic amines is 1. The van der Waals surface area contributed by atoms with Crippen molar-refractivity contribution in [2.24, 2.45) is 0 Å². The quantitative estimate of drug-likeness (QED) is 0.767. The molecule has 0 saturated heterocycles. The second-order valence-electron chi connectivity index (χ2n) is 5.00. The molecule has 0 bridgehead atoms. The van der Waals surface area contributed by atoms with Crippen molar-refractivity contribution in [2.45, 2.75) is 40.5 Å². The molecule has 2 heterocycles. The number of aromatic nitrogens is 4. The molecule has 0 aliphatic carbocycles. The number of H-pyrrole nitrogens is 1. The lowest BCUT2D eigenvalue weighted by Crippen LogP contribution is -2.00. The van der Waals surface area contributed by atoms with Crippen LogP contribution in [-0.4, -0.2) is 20.2 Å². The van der Waals surface area contributed by atoms with Gasteiger partial charge >= 0.3 is 0 Å². The number of hydrogen-bond donors (Lipinski definition) is 1. The summed E-state index contributed by atoms with van der Waals surface area (Å²) in [5.41, 5.74) is 1.55.